The summed E-state index contributed by atoms with van der Waals surface area (Å²) in [6.45, 7) is 5.81. The number of carbonyl (C=O) groups excluding carboxylic acids is 1. The van der Waals surface area contributed by atoms with Gasteiger partial charge in [0.25, 0.3) is 5.91 Å². The maximum Gasteiger partial charge on any atom is 0.273 e. The maximum atomic E-state index is 13.8. The Bertz CT molecular complexity index is 1240. The number of pyridine rings is 1. The van der Waals surface area contributed by atoms with E-state index in [0.717, 1.165) is 37.4 Å². The van der Waals surface area contributed by atoms with Gasteiger partial charge in [0.1, 0.15) is 16.4 Å². The molecule has 3 saturated heterocycles. The van der Waals surface area contributed by atoms with Crippen LogP contribution in [0.25, 0.3) is 0 Å². The Morgan fingerprint density at radius 1 is 1.31 bits per heavy atom. The molecule has 35 heavy (non-hydrogen) atoms. The van der Waals surface area contributed by atoms with Gasteiger partial charge in [-0.15, -0.1) is 0 Å². The molecule has 4 aliphatic rings. The first-order valence-corrected chi connectivity index (χ1v) is 14.1. The van der Waals surface area contributed by atoms with Crippen LogP contribution in [0.15, 0.2) is 33.8 Å². The van der Waals surface area contributed by atoms with Crippen molar-refractivity contribution in [2.45, 2.75) is 73.7 Å². The van der Waals surface area contributed by atoms with Gasteiger partial charge in [0, 0.05) is 50.4 Å². The van der Waals surface area contributed by atoms with Crippen molar-refractivity contribution in [3.05, 3.63) is 35.9 Å². The van der Waals surface area contributed by atoms with Crippen LogP contribution in [0, 0.1) is 11.8 Å². The standard InChI is InChI=1S/C25H33N5O4S/c1-15(2)13-29(3)23-7-6-19(12-26-23)35(32,33)25-10-17-14-30(25)18(11-25)8-20(17)27-24(31)21-9-22(34-28-21)16-4-5-16/h6-7,9,12,15-18,20H,4-5,8,10-11,13-14H2,1-3H3,(H,27,31). The Labute approximate surface area is 206 Å². The Hall–Kier alpha value is -2.46. The fraction of sp³-hybridized carbons (Fsp3) is 0.640. The monoisotopic (exact) mass is 499 g/mol. The lowest BCUT2D eigenvalue weighted by Crippen LogP contribution is -2.67. The number of sulfone groups is 1. The van der Waals surface area contributed by atoms with Crippen molar-refractivity contribution < 1.29 is 17.7 Å². The van der Waals surface area contributed by atoms with E-state index in [-0.39, 0.29) is 28.8 Å². The third-order valence-electron chi connectivity index (χ3n) is 8.24. The average Bonchev–Trinajstić information content (AvgIpc) is 3.51. The zero-order chi connectivity index (χ0) is 24.5. The molecule has 1 amide bonds. The van der Waals surface area contributed by atoms with Crippen molar-refractivity contribution in [2.75, 3.05) is 25.0 Å². The van der Waals surface area contributed by atoms with Crippen molar-refractivity contribution in [3.63, 3.8) is 0 Å². The summed E-state index contributed by atoms with van der Waals surface area (Å²) in [6, 6.07) is 5.35. The minimum atomic E-state index is -3.59. The largest absolute Gasteiger partial charge is 0.360 e. The first-order chi connectivity index (χ1) is 16.7. The van der Waals surface area contributed by atoms with Gasteiger partial charge in [0.05, 0.1) is 4.90 Å². The van der Waals surface area contributed by atoms with Gasteiger partial charge in [-0.1, -0.05) is 19.0 Å². The fourth-order valence-corrected chi connectivity index (χ4v) is 8.65. The van der Waals surface area contributed by atoms with Crippen LogP contribution in [0.2, 0.25) is 0 Å². The Morgan fingerprint density at radius 3 is 2.80 bits per heavy atom. The van der Waals surface area contributed by atoms with E-state index in [2.05, 4.69) is 34.2 Å². The molecule has 4 fully saturated rings. The molecule has 4 unspecified atom stereocenters. The molecule has 2 aromatic heterocycles. The van der Waals surface area contributed by atoms with E-state index in [4.69, 9.17) is 4.52 Å². The number of amides is 1. The molecular formula is C25H33N5O4S. The third-order valence-corrected chi connectivity index (χ3v) is 10.7. The van der Waals surface area contributed by atoms with E-state index < -0.39 is 14.7 Å². The van der Waals surface area contributed by atoms with Crippen molar-refractivity contribution in [3.8, 4) is 0 Å². The van der Waals surface area contributed by atoms with E-state index in [1.54, 1.807) is 18.2 Å². The molecular weight excluding hydrogens is 466 g/mol. The molecule has 1 N–H and O–H groups in total. The lowest BCUT2D eigenvalue weighted by molar-refractivity contribution is -0.00147. The molecule has 4 atom stereocenters. The Balaban J connectivity index is 1.16. The number of anilines is 1. The first kappa shape index (κ1) is 23.0. The number of nitrogens with one attached hydrogen (secondary N) is 1. The minimum Gasteiger partial charge on any atom is -0.360 e. The summed E-state index contributed by atoms with van der Waals surface area (Å²) < 4.78 is 33.0. The molecule has 0 spiro atoms. The number of hydrogen-bond acceptors (Lipinski definition) is 8. The van der Waals surface area contributed by atoms with E-state index in [0.29, 0.717) is 36.9 Å². The SMILES string of the molecule is CC(C)CN(C)c1ccc(S(=O)(=O)C23CC4CN2C(CC4NC(=O)c2cc(C4CC4)on2)C3)cn1. The van der Waals surface area contributed by atoms with Crippen LogP contribution in [0.3, 0.4) is 0 Å². The van der Waals surface area contributed by atoms with Crippen LogP contribution in [0.1, 0.15) is 68.1 Å². The first-order valence-electron chi connectivity index (χ1n) is 12.6. The van der Waals surface area contributed by atoms with Gasteiger partial charge in [-0.05, 0) is 56.1 Å². The third kappa shape index (κ3) is 3.67. The van der Waals surface area contributed by atoms with Gasteiger partial charge in [-0.2, -0.15) is 0 Å². The molecule has 0 radical (unpaired) electrons. The number of fused-ring (bicyclic) bond motifs is 1. The van der Waals surface area contributed by atoms with Gasteiger partial charge in [0.15, 0.2) is 15.5 Å². The summed E-state index contributed by atoms with van der Waals surface area (Å²) in [5, 5.41) is 7.09. The Kier molecular flexibility index (Phi) is 5.27. The summed E-state index contributed by atoms with van der Waals surface area (Å²) in [5.74, 6) is 2.30. The molecule has 9 nitrogen and oxygen atoms in total. The highest BCUT2D eigenvalue weighted by Crippen LogP contribution is 2.58. The summed E-state index contributed by atoms with van der Waals surface area (Å²) in [4.78, 5) is 20.9. The second-order valence-corrected chi connectivity index (χ2v) is 13.5. The van der Waals surface area contributed by atoms with E-state index in [1.807, 2.05) is 11.9 Å². The van der Waals surface area contributed by atoms with Crippen molar-refractivity contribution in [1.82, 2.24) is 20.4 Å². The van der Waals surface area contributed by atoms with Crippen LogP contribution in [0.4, 0.5) is 5.82 Å². The van der Waals surface area contributed by atoms with E-state index in [1.165, 1.54) is 6.20 Å². The molecule has 2 bridgehead atoms. The fourth-order valence-electron chi connectivity index (χ4n) is 6.39. The highest BCUT2D eigenvalue weighted by molar-refractivity contribution is 7.92. The van der Waals surface area contributed by atoms with Crippen molar-refractivity contribution in [1.29, 1.82) is 0 Å². The minimum absolute atomic E-state index is 0.0606. The zero-order valence-electron chi connectivity index (χ0n) is 20.5. The predicted molar refractivity (Wildman–Crippen MR) is 130 cm³/mol. The predicted octanol–water partition coefficient (Wildman–Crippen LogP) is 2.81. The van der Waals surface area contributed by atoms with Gasteiger partial charge < -0.3 is 14.7 Å². The zero-order valence-corrected chi connectivity index (χ0v) is 21.3. The number of hydrogen-bond donors (Lipinski definition) is 1. The average molecular weight is 500 g/mol. The van der Waals surface area contributed by atoms with Gasteiger partial charge in [-0.25, -0.2) is 13.4 Å². The van der Waals surface area contributed by atoms with Crippen molar-refractivity contribution >= 4 is 21.6 Å². The van der Waals surface area contributed by atoms with Crippen LogP contribution < -0.4 is 10.2 Å². The van der Waals surface area contributed by atoms with E-state index >= 15 is 0 Å². The molecule has 10 heteroatoms. The van der Waals surface area contributed by atoms with Gasteiger partial charge >= 0.3 is 0 Å². The lowest BCUT2D eigenvalue weighted by Gasteiger charge is -2.54. The molecule has 6 rings (SSSR count). The smallest absolute Gasteiger partial charge is 0.273 e. The second kappa shape index (κ2) is 8.03. The van der Waals surface area contributed by atoms with Gasteiger partial charge in [-0.3, -0.25) is 9.69 Å². The number of carbonyl (C=O) groups is 1. The molecule has 0 aromatic carbocycles. The number of rotatable bonds is 8. The van der Waals surface area contributed by atoms with Gasteiger partial charge in [0.2, 0.25) is 0 Å². The summed E-state index contributed by atoms with van der Waals surface area (Å²) >= 11 is 0. The molecule has 3 aliphatic heterocycles. The maximum absolute atomic E-state index is 13.8. The number of piperidine rings is 1. The lowest BCUT2D eigenvalue weighted by atomic mass is 9.88. The summed E-state index contributed by atoms with van der Waals surface area (Å²) in [7, 11) is -1.62. The number of nitrogens with zero attached hydrogens (tertiary/aromatic N) is 4. The van der Waals surface area contributed by atoms with E-state index in [9.17, 15) is 13.2 Å². The highest BCUT2D eigenvalue weighted by atomic mass is 32.2. The summed E-state index contributed by atoms with van der Waals surface area (Å²) in [5.41, 5.74) is 0.315. The normalized spacial score (nSPS) is 29.8. The molecule has 2 aromatic rings. The molecule has 1 saturated carbocycles. The van der Waals surface area contributed by atoms with Crippen LogP contribution in [-0.2, 0) is 9.84 Å². The summed E-state index contributed by atoms with van der Waals surface area (Å²) in [6.07, 6.45) is 5.57. The topological polar surface area (TPSA) is 109 Å². The molecule has 188 valence electrons. The van der Waals surface area contributed by atoms with Crippen LogP contribution >= 0.6 is 0 Å². The number of aromatic nitrogens is 2. The quantitative estimate of drug-likeness (QED) is 0.591. The van der Waals surface area contributed by atoms with Crippen LogP contribution in [0.5, 0.6) is 0 Å². The van der Waals surface area contributed by atoms with Crippen LogP contribution in [-0.4, -0.2) is 66.5 Å². The highest BCUT2D eigenvalue weighted by Gasteiger charge is 2.68. The molecule has 5 heterocycles. The second-order valence-electron chi connectivity index (χ2n) is 11.3. The van der Waals surface area contributed by atoms with Crippen molar-refractivity contribution in [2.24, 2.45) is 11.8 Å². The Morgan fingerprint density at radius 2 is 2.11 bits per heavy atom. The molecule has 1 aliphatic carbocycles.